The van der Waals surface area contributed by atoms with Crippen LogP contribution in [-0.4, -0.2) is 7.11 Å². The summed E-state index contributed by atoms with van der Waals surface area (Å²) in [5.74, 6) is 0.881. The van der Waals surface area contributed by atoms with Gasteiger partial charge in [-0.05, 0) is 78.9 Å². The van der Waals surface area contributed by atoms with E-state index in [0.717, 1.165) is 5.75 Å². The van der Waals surface area contributed by atoms with Gasteiger partial charge in [-0.2, -0.15) is 0 Å². The summed E-state index contributed by atoms with van der Waals surface area (Å²) in [5, 5.41) is 0. The van der Waals surface area contributed by atoms with E-state index in [1.807, 2.05) is 0 Å². The maximum atomic E-state index is 5.81. The average Bonchev–Trinajstić information content (AvgIpc) is 3.04. The normalized spacial score (nSPS) is 20.3. The van der Waals surface area contributed by atoms with Crippen LogP contribution in [0.25, 0.3) is 33.4 Å². The molecule has 1 heteroatoms. The van der Waals surface area contributed by atoms with Gasteiger partial charge in [0, 0.05) is 0 Å². The summed E-state index contributed by atoms with van der Waals surface area (Å²) in [6, 6.07) is 52.3. The summed E-state index contributed by atoms with van der Waals surface area (Å²) >= 11 is 0. The fraction of sp³-hybridized carbons (Fsp3) is 0.0769. The number of hydrogen-bond donors (Lipinski definition) is 0. The van der Waals surface area contributed by atoms with Crippen molar-refractivity contribution in [3.8, 4) is 39.1 Å². The van der Waals surface area contributed by atoms with Crippen LogP contribution in [0.5, 0.6) is 5.75 Å². The van der Waals surface area contributed by atoms with E-state index in [1.165, 1.54) is 66.8 Å². The van der Waals surface area contributed by atoms with Crippen LogP contribution in [0, 0.1) is 0 Å². The van der Waals surface area contributed by atoms with Gasteiger partial charge in [0.05, 0.1) is 17.9 Å². The molecule has 188 valence electrons. The molecule has 6 aromatic carbocycles. The second kappa shape index (κ2) is 7.61. The first-order chi connectivity index (χ1) is 19.8. The van der Waals surface area contributed by atoms with E-state index in [2.05, 4.69) is 140 Å². The van der Waals surface area contributed by atoms with Gasteiger partial charge >= 0.3 is 0 Å². The standard InChI is InChI=1S/C39H26O/c1-40-25-22-23-37-31(24-25)30-16-6-11-21-36(30)38-32-17-7-2-12-26(32)28-14-4-9-19-34(28)39(37,38)35-20-10-5-15-29(35)27-13-3-8-18-33(27)38/h2-24H,1H3. The third kappa shape index (κ3) is 2.29. The molecule has 9 rings (SSSR count). The van der Waals surface area contributed by atoms with Crippen LogP contribution < -0.4 is 4.74 Å². The molecule has 0 fully saturated rings. The fourth-order valence-corrected chi connectivity index (χ4v) is 8.51. The van der Waals surface area contributed by atoms with Gasteiger partial charge < -0.3 is 4.74 Å². The minimum atomic E-state index is -0.487. The highest BCUT2D eigenvalue weighted by Gasteiger charge is 2.66. The van der Waals surface area contributed by atoms with Crippen LogP contribution in [0.4, 0.5) is 0 Å². The smallest absolute Gasteiger partial charge is 0.119 e. The monoisotopic (exact) mass is 510 g/mol. The van der Waals surface area contributed by atoms with Crippen LogP contribution >= 0.6 is 0 Å². The predicted octanol–water partition coefficient (Wildman–Crippen LogP) is 9.01. The van der Waals surface area contributed by atoms with Gasteiger partial charge in [0.1, 0.15) is 5.75 Å². The van der Waals surface area contributed by atoms with E-state index in [1.54, 1.807) is 7.11 Å². The van der Waals surface area contributed by atoms with Gasteiger partial charge in [-0.3, -0.25) is 0 Å². The average molecular weight is 511 g/mol. The van der Waals surface area contributed by atoms with E-state index in [-0.39, 0.29) is 0 Å². The fourth-order valence-electron chi connectivity index (χ4n) is 8.51. The molecular weight excluding hydrogens is 484 g/mol. The molecular formula is C39H26O. The molecule has 0 bridgehead atoms. The van der Waals surface area contributed by atoms with Gasteiger partial charge in [-0.15, -0.1) is 0 Å². The van der Waals surface area contributed by atoms with Crippen LogP contribution in [0.2, 0.25) is 0 Å². The van der Waals surface area contributed by atoms with Crippen molar-refractivity contribution in [1.82, 2.24) is 0 Å². The summed E-state index contributed by atoms with van der Waals surface area (Å²) in [6.45, 7) is 0. The highest BCUT2D eigenvalue weighted by atomic mass is 16.5. The van der Waals surface area contributed by atoms with Gasteiger partial charge in [0.15, 0.2) is 0 Å². The Morgan fingerprint density at radius 1 is 0.350 bits per heavy atom. The zero-order valence-electron chi connectivity index (χ0n) is 22.2. The quantitative estimate of drug-likeness (QED) is 0.214. The minimum Gasteiger partial charge on any atom is -0.497 e. The van der Waals surface area contributed by atoms with Gasteiger partial charge in [0.2, 0.25) is 0 Å². The molecule has 3 aliphatic rings. The van der Waals surface area contributed by atoms with Gasteiger partial charge in [0.25, 0.3) is 0 Å². The molecule has 0 amide bonds. The molecule has 0 saturated heterocycles. The Morgan fingerprint density at radius 2 is 0.650 bits per heavy atom. The van der Waals surface area contributed by atoms with Crippen LogP contribution in [0.1, 0.15) is 33.4 Å². The second-order valence-corrected chi connectivity index (χ2v) is 11.1. The molecule has 0 saturated carbocycles. The molecule has 40 heavy (non-hydrogen) atoms. The minimum absolute atomic E-state index is 0.471. The maximum absolute atomic E-state index is 5.81. The third-order valence-corrected chi connectivity index (χ3v) is 9.72. The molecule has 0 heterocycles. The zero-order valence-corrected chi connectivity index (χ0v) is 22.2. The van der Waals surface area contributed by atoms with Crippen molar-refractivity contribution < 1.29 is 4.74 Å². The second-order valence-electron chi connectivity index (χ2n) is 11.1. The number of fused-ring (bicyclic) bond motifs is 9. The Labute approximate surface area is 234 Å². The Bertz CT molecular complexity index is 1920. The summed E-state index contributed by atoms with van der Waals surface area (Å²) < 4.78 is 5.81. The highest BCUT2D eigenvalue weighted by Crippen LogP contribution is 2.73. The lowest BCUT2D eigenvalue weighted by Gasteiger charge is -2.62. The zero-order chi connectivity index (χ0) is 26.5. The first-order valence-corrected chi connectivity index (χ1v) is 14.0. The third-order valence-electron chi connectivity index (χ3n) is 9.72. The number of ether oxygens (including phenoxy) is 1. The molecule has 6 aromatic rings. The van der Waals surface area contributed by atoms with Crippen LogP contribution in [0.15, 0.2) is 140 Å². The highest BCUT2D eigenvalue weighted by molar-refractivity contribution is 5.98. The maximum Gasteiger partial charge on any atom is 0.119 e. The van der Waals surface area contributed by atoms with Crippen LogP contribution in [0.3, 0.4) is 0 Å². The largest absolute Gasteiger partial charge is 0.497 e. The van der Waals surface area contributed by atoms with Crippen molar-refractivity contribution in [2.24, 2.45) is 0 Å². The number of hydrogen-bond acceptors (Lipinski definition) is 1. The summed E-state index contributed by atoms with van der Waals surface area (Å²) in [4.78, 5) is 0. The molecule has 3 aliphatic carbocycles. The lowest BCUT2D eigenvalue weighted by atomic mass is 9.38. The summed E-state index contributed by atoms with van der Waals surface area (Å²) in [7, 11) is 1.76. The Morgan fingerprint density at radius 3 is 1.00 bits per heavy atom. The van der Waals surface area contributed by atoms with Crippen molar-refractivity contribution in [3.63, 3.8) is 0 Å². The molecule has 0 N–H and O–H groups in total. The molecule has 0 spiro atoms. The van der Waals surface area contributed by atoms with E-state index < -0.39 is 10.8 Å². The molecule has 0 radical (unpaired) electrons. The van der Waals surface area contributed by atoms with Crippen molar-refractivity contribution in [2.75, 3.05) is 7.11 Å². The molecule has 0 aliphatic heterocycles. The first kappa shape index (κ1) is 22.0. The number of rotatable bonds is 1. The molecule has 1 nitrogen and oxygen atoms in total. The van der Waals surface area contributed by atoms with Crippen molar-refractivity contribution >= 4 is 0 Å². The Hall–Kier alpha value is -4.88. The number of methoxy groups -OCH3 is 1. The van der Waals surface area contributed by atoms with Crippen molar-refractivity contribution in [3.05, 3.63) is 173 Å². The predicted molar refractivity (Wildman–Crippen MR) is 162 cm³/mol. The van der Waals surface area contributed by atoms with Gasteiger partial charge in [-0.25, -0.2) is 0 Å². The Kier molecular flexibility index (Phi) is 4.18. The van der Waals surface area contributed by atoms with E-state index in [0.29, 0.717) is 0 Å². The Balaban J connectivity index is 1.64. The molecule has 0 unspecified atom stereocenters. The summed E-state index contributed by atoms with van der Waals surface area (Å²) in [5.41, 5.74) is 14.9. The SMILES string of the molecule is COc1ccc2c(c1)-c1ccccc1C13c4ccccc4-c4ccccc4C21c1ccccc1-c1ccccc13. The van der Waals surface area contributed by atoms with E-state index in [4.69, 9.17) is 4.74 Å². The lowest BCUT2D eigenvalue weighted by Crippen LogP contribution is -2.58. The number of benzene rings is 6. The van der Waals surface area contributed by atoms with Gasteiger partial charge in [-0.1, -0.05) is 127 Å². The topological polar surface area (TPSA) is 9.23 Å². The van der Waals surface area contributed by atoms with Crippen molar-refractivity contribution in [2.45, 2.75) is 10.8 Å². The van der Waals surface area contributed by atoms with E-state index >= 15 is 0 Å². The van der Waals surface area contributed by atoms with Crippen molar-refractivity contribution in [1.29, 1.82) is 0 Å². The summed E-state index contributed by atoms with van der Waals surface area (Å²) in [6.07, 6.45) is 0. The molecule has 0 atom stereocenters. The van der Waals surface area contributed by atoms with Crippen LogP contribution in [-0.2, 0) is 10.8 Å². The lowest BCUT2D eigenvalue weighted by molar-refractivity contribution is 0.399. The molecule has 0 aromatic heterocycles. The van der Waals surface area contributed by atoms with E-state index in [9.17, 15) is 0 Å². The first-order valence-electron chi connectivity index (χ1n) is 14.0.